The monoisotopic (exact) mass is 308 g/mol. The third kappa shape index (κ3) is 3.14. The van der Waals surface area contributed by atoms with Crippen LogP contribution in [0.1, 0.15) is 58.3 Å². The zero-order valence-corrected chi connectivity index (χ0v) is 13.6. The van der Waals surface area contributed by atoms with Gasteiger partial charge in [0.15, 0.2) is 0 Å². The van der Waals surface area contributed by atoms with Crippen LogP contribution in [0.3, 0.4) is 0 Å². The fraction of sp³-hybridized carbons (Fsp3) is 0.882. The van der Waals surface area contributed by atoms with Crippen molar-refractivity contribution in [3.05, 3.63) is 0 Å². The van der Waals surface area contributed by atoms with Crippen molar-refractivity contribution in [2.24, 2.45) is 5.41 Å². The van der Waals surface area contributed by atoms with Crippen LogP contribution in [0, 0.1) is 5.41 Å². The Morgan fingerprint density at radius 2 is 2.23 bits per heavy atom. The summed E-state index contributed by atoms with van der Waals surface area (Å²) >= 11 is 0. The highest BCUT2D eigenvalue weighted by Crippen LogP contribution is 2.47. The second kappa shape index (κ2) is 6.57. The van der Waals surface area contributed by atoms with Crippen molar-refractivity contribution in [1.29, 1.82) is 0 Å². The molecule has 3 rings (SSSR count). The van der Waals surface area contributed by atoms with Crippen LogP contribution >= 0.6 is 0 Å². The molecule has 3 aliphatic rings. The lowest BCUT2D eigenvalue weighted by Gasteiger charge is -2.30. The second-order valence-electron chi connectivity index (χ2n) is 7.25. The summed E-state index contributed by atoms with van der Waals surface area (Å²) in [5.41, 5.74) is -0.346. The largest absolute Gasteiger partial charge is 0.374 e. The molecule has 3 unspecified atom stereocenters. The Morgan fingerprint density at radius 1 is 1.36 bits per heavy atom. The van der Waals surface area contributed by atoms with Gasteiger partial charge in [0.25, 0.3) is 0 Å². The Labute approximate surface area is 132 Å². The van der Waals surface area contributed by atoms with Crippen LogP contribution in [0.4, 0.5) is 0 Å². The van der Waals surface area contributed by atoms with Crippen molar-refractivity contribution in [2.75, 3.05) is 19.6 Å². The van der Waals surface area contributed by atoms with Gasteiger partial charge in [-0.1, -0.05) is 6.42 Å². The van der Waals surface area contributed by atoms with E-state index >= 15 is 0 Å². The van der Waals surface area contributed by atoms with Crippen molar-refractivity contribution >= 4 is 11.8 Å². The van der Waals surface area contributed by atoms with Gasteiger partial charge in [0.05, 0.1) is 17.6 Å². The van der Waals surface area contributed by atoms with Gasteiger partial charge in [-0.3, -0.25) is 9.59 Å². The molecule has 3 fully saturated rings. The van der Waals surface area contributed by atoms with Gasteiger partial charge in [0, 0.05) is 26.1 Å². The fourth-order valence-corrected chi connectivity index (χ4v) is 4.12. The van der Waals surface area contributed by atoms with Crippen molar-refractivity contribution in [1.82, 2.24) is 10.2 Å². The number of nitrogens with one attached hydrogen (secondary N) is 1. The summed E-state index contributed by atoms with van der Waals surface area (Å²) < 4.78 is 5.82. The molecule has 3 saturated heterocycles. The number of hydrogen-bond donors (Lipinski definition) is 1. The molecular formula is C17H28N2O3. The maximum absolute atomic E-state index is 12.5. The first-order valence-electron chi connectivity index (χ1n) is 8.81. The highest BCUT2D eigenvalue weighted by atomic mass is 16.5. The Hall–Kier alpha value is -1.10. The third-order valence-corrected chi connectivity index (χ3v) is 5.55. The Morgan fingerprint density at radius 3 is 2.95 bits per heavy atom. The number of ether oxygens (including phenoxy) is 1. The minimum Gasteiger partial charge on any atom is -0.374 e. The van der Waals surface area contributed by atoms with Crippen molar-refractivity contribution in [3.63, 3.8) is 0 Å². The van der Waals surface area contributed by atoms with E-state index in [9.17, 15) is 9.59 Å². The first-order chi connectivity index (χ1) is 10.6. The Balaban J connectivity index is 1.39. The molecular weight excluding hydrogens is 280 g/mol. The molecule has 1 N–H and O–H groups in total. The van der Waals surface area contributed by atoms with Crippen LogP contribution in [-0.2, 0) is 14.3 Å². The van der Waals surface area contributed by atoms with Gasteiger partial charge in [-0.25, -0.2) is 0 Å². The molecule has 2 amide bonds. The number of amides is 2. The van der Waals surface area contributed by atoms with Crippen LogP contribution in [-0.4, -0.2) is 48.6 Å². The van der Waals surface area contributed by atoms with Crippen LogP contribution in [0.15, 0.2) is 0 Å². The Kier molecular flexibility index (Phi) is 4.71. The molecule has 124 valence electrons. The minimum absolute atomic E-state index is 0.102. The molecule has 0 radical (unpaired) electrons. The van der Waals surface area contributed by atoms with Crippen LogP contribution < -0.4 is 5.32 Å². The molecule has 22 heavy (non-hydrogen) atoms. The Bertz CT molecular complexity index is 440. The van der Waals surface area contributed by atoms with Crippen LogP contribution in [0.25, 0.3) is 0 Å². The topological polar surface area (TPSA) is 58.6 Å². The normalized spacial score (nSPS) is 34.8. The van der Waals surface area contributed by atoms with Gasteiger partial charge < -0.3 is 15.0 Å². The average Bonchev–Trinajstić information content (AvgIpc) is 3.02. The van der Waals surface area contributed by atoms with E-state index in [0.29, 0.717) is 13.0 Å². The van der Waals surface area contributed by atoms with Gasteiger partial charge in [0.2, 0.25) is 11.8 Å². The number of hydrogen-bond acceptors (Lipinski definition) is 3. The summed E-state index contributed by atoms with van der Waals surface area (Å²) in [6.45, 7) is 4.32. The predicted octanol–water partition coefficient (Wildman–Crippen LogP) is 1.85. The van der Waals surface area contributed by atoms with E-state index in [2.05, 4.69) is 5.32 Å². The lowest BCUT2D eigenvalue weighted by Crippen LogP contribution is -2.45. The van der Waals surface area contributed by atoms with Gasteiger partial charge in [0.1, 0.15) is 0 Å². The van der Waals surface area contributed by atoms with Gasteiger partial charge in [-0.05, 0) is 45.4 Å². The quantitative estimate of drug-likeness (QED) is 0.789. The van der Waals surface area contributed by atoms with Crippen molar-refractivity contribution < 1.29 is 14.3 Å². The molecule has 0 aromatic carbocycles. The molecule has 0 saturated carbocycles. The van der Waals surface area contributed by atoms with Gasteiger partial charge in [-0.15, -0.1) is 0 Å². The smallest absolute Gasteiger partial charge is 0.228 e. The van der Waals surface area contributed by atoms with Crippen molar-refractivity contribution in [3.8, 4) is 0 Å². The van der Waals surface area contributed by atoms with E-state index < -0.39 is 0 Å². The van der Waals surface area contributed by atoms with Crippen molar-refractivity contribution in [2.45, 2.75) is 70.5 Å². The molecule has 0 aromatic rings. The molecule has 5 heteroatoms. The van der Waals surface area contributed by atoms with E-state index in [1.165, 1.54) is 0 Å². The number of carbonyl (C=O) groups excluding carboxylic acids is 2. The van der Waals surface area contributed by atoms with E-state index in [4.69, 9.17) is 4.74 Å². The first kappa shape index (κ1) is 15.8. The minimum atomic E-state index is -0.346. The molecule has 0 spiro atoms. The molecule has 2 bridgehead atoms. The number of nitrogens with zero attached hydrogens (tertiary/aromatic N) is 1. The first-order valence-corrected chi connectivity index (χ1v) is 8.81. The van der Waals surface area contributed by atoms with Crippen LogP contribution in [0.2, 0.25) is 0 Å². The number of rotatable bonds is 5. The lowest BCUT2D eigenvalue weighted by molar-refractivity contribution is -0.132. The highest BCUT2D eigenvalue weighted by Gasteiger charge is 2.53. The number of fused-ring (bicyclic) bond motifs is 2. The summed E-state index contributed by atoms with van der Waals surface area (Å²) in [4.78, 5) is 26.3. The molecule has 0 aliphatic carbocycles. The summed E-state index contributed by atoms with van der Waals surface area (Å²) in [5.74, 6) is 0.402. The van der Waals surface area contributed by atoms with Crippen LogP contribution in [0.5, 0.6) is 0 Å². The maximum Gasteiger partial charge on any atom is 0.228 e. The molecule has 3 atom stereocenters. The summed E-state index contributed by atoms with van der Waals surface area (Å²) in [5, 5.41) is 3.06. The number of carbonyl (C=O) groups is 2. The van der Waals surface area contributed by atoms with E-state index in [1.54, 1.807) is 0 Å². The highest BCUT2D eigenvalue weighted by molar-refractivity contribution is 5.83. The zero-order valence-electron chi connectivity index (χ0n) is 13.6. The maximum atomic E-state index is 12.5. The summed E-state index contributed by atoms with van der Waals surface area (Å²) in [6, 6.07) is 0. The number of likely N-dealkylation sites (tertiary alicyclic amines) is 1. The summed E-state index contributed by atoms with van der Waals surface area (Å²) in [7, 11) is 0. The SMILES string of the molecule is CC1(C(=O)NCCCN2CCCCCC2=O)CC2CCC1O2. The second-order valence-corrected chi connectivity index (χ2v) is 7.25. The third-order valence-electron chi connectivity index (χ3n) is 5.55. The van der Waals surface area contributed by atoms with E-state index in [0.717, 1.165) is 58.0 Å². The fourth-order valence-electron chi connectivity index (χ4n) is 4.12. The lowest BCUT2D eigenvalue weighted by atomic mass is 9.75. The average molecular weight is 308 g/mol. The predicted molar refractivity (Wildman–Crippen MR) is 83.3 cm³/mol. The van der Waals surface area contributed by atoms with E-state index in [1.807, 2.05) is 11.8 Å². The zero-order chi connectivity index (χ0) is 15.6. The molecule has 3 heterocycles. The molecule has 5 nitrogen and oxygen atoms in total. The standard InChI is InChI=1S/C17H28N2O3/c1-17(12-13-7-8-14(17)22-13)16(21)18-9-5-11-19-10-4-2-3-6-15(19)20/h13-14H,2-12H2,1H3,(H,18,21). The summed E-state index contributed by atoms with van der Waals surface area (Å²) in [6.07, 6.45) is 8.16. The molecule has 3 aliphatic heterocycles. The molecule has 0 aromatic heterocycles. The van der Waals surface area contributed by atoms with Gasteiger partial charge >= 0.3 is 0 Å². The van der Waals surface area contributed by atoms with E-state index in [-0.39, 0.29) is 29.4 Å². The van der Waals surface area contributed by atoms with Gasteiger partial charge in [-0.2, -0.15) is 0 Å².